The molecule has 0 aromatic carbocycles. The largest absolute Gasteiger partial charge is 0.303 e. The lowest BCUT2D eigenvalue weighted by molar-refractivity contribution is 0.241. The van der Waals surface area contributed by atoms with Gasteiger partial charge in [-0.2, -0.15) is 0 Å². The standard InChI is InChI=1S/C14H23ClN2S/c1-17(13-6-2-3-7-13)9-5-4-8-14-16-12(10-15)11-18-14/h11,13H,2-10H2,1H3. The van der Waals surface area contributed by atoms with Crippen LogP contribution in [0.25, 0.3) is 0 Å². The lowest BCUT2D eigenvalue weighted by Gasteiger charge is -2.23. The smallest absolute Gasteiger partial charge is 0.0928 e. The van der Waals surface area contributed by atoms with Gasteiger partial charge in [-0.05, 0) is 45.7 Å². The number of aromatic nitrogens is 1. The number of alkyl halides is 1. The van der Waals surface area contributed by atoms with Crippen molar-refractivity contribution in [2.75, 3.05) is 13.6 Å². The van der Waals surface area contributed by atoms with Crippen molar-refractivity contribution in [1.29, 1.82) is 0 Å². The molecule has 2 nitrogen and oxygen atoms in total. The van der Waals surface area contributed by atoms with Gasteiger partial charge in [0.25, 0.3) is 0 Å². The average Bonchev–Trinajstić information content (AvgIpc) is 3.05. The van der Waals surface area contributed by atoms with E-state index in [0.29, 0.717) is 5.88 Å². The van der Waals surface area contributed by atoms with Crippen LogP contribution in [-0.2, 0) is 12.3 Å². The van der Waals surface area contributed by atoms with Gasteiger partial charge < -0.3 is 4.90 Å². The van der Waals surface area contributed by atoms with Gasteiger partial charge in [0, 0.05) is 11.4 Å². The predicted molar refractivity (Wildman–Crippen MR) is 79.5 cm³/mol. The molecule has 18 heavy (non-hydrogen) atoms. The quantitative estimate of drug-likeness (QED) is 0.555. The first-order valence-corrected chi connectivity index (χ1v) is 8.40. The highest BCUT2D eigenvalue weighted by atomic mass is 35.5. The molecule has 0 N–H and O–H groups in total. The Morgan fingerprint density at radius 3 is 2.83 bits per heavy atom. The van der Waals surface area contributed by atoms with E-state index in [1.54, 1.807) is 11.3 Å². The molecule has 1 aliphatic carbocycles. The molecule has 0 radical (unpaired) electrons. The topological polar surface area (TPSA) is 16.1 Å². The zero-order chi connectivity index (χ0) is 12.8. The van der Waals surface area contributed by atoms with Crippen molar-refractivity contribution in [2.24, 2.45) is 0 Å². The first-order chi connectivity index (χ1) is 8.79. The average molecular weight is 287 g/mol. The number of unbranched alkanes of at least 4 members (excludes halogenated alkanes) is 1. The summed E-state index contributed by atoms with van der Waals surface area (Å²) in [6.07, 6.45) is 9.30. The fourth-order valence-corrected chi connectivity index (χ4v) is 3.76. The Hall–Kier alpha value is -0.120. The molecule has 1 aromatic rings. The lowest BCUT2D eigenvalue weighted by Crippen LogP contribution is -2.30. The Morgan fingerprint density at radius 2 is 2.17 bits per heavy atom. The summed E-state index contributed by atoms with van der Waals surface area (Å²) in [7, 11) is 2.28. The van der Waals surface area contributed by atoms with Crippen LogP contribution in [0, 0.1) is 0 Å². The van der Waals surface area contributed by atoms with E-state index < -0.39 is 0 Å². The summed E-state index contributed by atoms with van der Waals surface area (Å²) >= 11 is 7.50. The molecule has 1 aromatic heterocycles. The second kappa shape index (κ2) is 7.46. The summed E-state index contributed by atoms with van der Waals surface area (Å²) in [5, 5.41) is 3.32. The van der Waals surface area contributed by atoms with Gasteiger partial charge in [0.05, 0.1) is 16.6 Å². The maximum Gasteiger partial charge on any atom is 0.0928 e. The Morgan fingerprint density at radius 1 is 1.39 bits per heavy atom. The zero-order valence-corrected chi connectivity index (χ0v) is 12.8. The third-order valence-corrected chi connectivity index (χ3v) is 5.07. The first-order valence-electron chi connectivity index (χ1n) is 6.99. The minimum Gasteiger partial charge on any atom is -0.303 e. The number of hydrogen-bond donors (Lipinski definition) is 0. The molecule has 0 amide bonds. The van der Waals surface area contributed by atoms with Crippen LogP contribution in [0.15, 0.2) is 5.38 Å². The van der Waals surface area contributed by atoms with Gasteiger partial charge in [0.2, 0.25) is 0 Å². The van der Waals surface area contributed by atoms with Gasteiger partial charge in [0.15, 0.2) is 0 Å². The molecule has 0 spiro atoms. The summed E-state index contributed by atoms with van der Waals surface area (Å²) < 4.78 is 0. The van der Waals surface area contributed by atoms with E-state index in [1.165, 1.54) is 50.1 Å². The van der Waals surface area contributed by atoms with Crippen molar-refractivity contribution in [3.8, 4) is 0 Å². The molecule has 1 heterocycles. The summed E-state index contributed by atoms with van der Waals surface area (Å²) in [6.45, 7) is 1.23. The Kier molecular flexibility index (Phi) is 5.93. The van der Waals surface area contributed by atoms with E-state index in [2.05, 4.69) is 22.3 Å². The third kappa shape index (κ3) is 4.22. The van der Waals surface area contributed by atoms with E-state index in [-0.39, 0.29) is 0 Å². The van der Waals surface area contributed by atoms with Gasteiger partial charge in [-0.15, -0.1) is 22.9 Å². The van der Waals surface area contributed by atoms with E-state index in [4.69, 9.17) is 11.6 Å². The van der Waals surface area contributed by atoms with Crippen molar-refractivity contribution in [2.45, 2.75) is 56.9 Å². The summed E-state index contributed by atoms with van der Waals surface area (Å²) in [5.74, 6) is 0.543. The Balaban J connectivity index is 1.60. The second-order valence-electron chi connectivity index (χ2n) is 5.24. The molecular weight excluding hydrogens is 264 g/mol. The van der Waals surface area contributed by atoms with E-state index in [9.17, 15) is 0 Å². The van der Waals surface area contributed by atoms with Gasteiger partial charge >= 0.3 is 0 Å². The molecule has 0 saturated heterocycles. The van der Waals surface area contributed by atoms with Crippen molar-refractivity contribution >= 4 is 22.9 Å². The second-order valence-corrected chi connectivity index (χ2v) is 6.45. The molecule has 2 rings (SSSR count). The number of halogens is 1. The van der Waals surface area contributed by atoms with Gasteiger partial charge in [-0.1, -0.05) is 12.8 Å². The highest BCUT2D eigenvalue weighted by Gasteiger charge is 2.18. The molecule has 1 saturated carbocycles. The maximum atomic E-state index is 5.75. The van der Waals surface area contributed by atoms with Crippen molar-refractivity contribution in [3.05, 3.63) is 16.1 Å². The molecule has 0 unspecified atom stereocenters. The van der Waals surface area contributed by atoms with Crippen molar-refractivity contribution < 1.29 is 0 Å². The van der Waals surface area contributed by atoms with Crippen molar-refractivity contribution in [3.63, 3.8) is 0 Å². The monoisotopic (exact) mass is 286 g/mol. The van der Waals surface area contributed by atoms with E-state index in [1.807, 2.05) is 0 Å². The number of rotatable bonds is 7. The normalized spacial score (nSPS) is 16.8. The SMILES string of the molecule is CN(CCCCc1nc(CCl)cs1)C1CCCC1. The lowest BCUT2D eigenvalue weighted by atomic mass is 10.2. The van der Waals surface area contributed by atoms with Gasteiger partial charge in [-0.25, -0.2) is 4.98 Å². The minimum absolute atomic E-state index is 0.543. The van der Waals surface area contributed by atoms with Crippen LogP contribution in [0.1, 0.15) is 49.2 Å². The Bertz CT molecular complexity index is 347. The van der Waals surface area contributed by atoms with Crippen LogP contribution in [-0.4, -0.2) is 29.5 Å². The van der Waals surface area contributed by atoms with Gasteiger partial charge in [0.1, 0.15) is 0 Å². The molecule has 4 heteroatoms. The summed E-state index contributed by atoms with van der Waals surface area (Å²) in [6, 6.07) is 0.854. The fraction of sp³-hybridized carbons (Fsp3) is 0.786. The van der Waals surface area contributed by atoms with Crippen molar-refractivity contribution in [1.82, 2.24) is 9.88 Å². The van der Waals surface area contributed by atoms with Gasteiger partial charge in [-0.3, -0.25) is 0 Å². The first kappa shape index (κ1) is 14.3. The van der Waals surface area contributed by atoms with Crippen LogP contribution < -0.4 is 0 Å². The Labute approximate surface area is 119 Å². The molecule has 0 bridgehead atoms. The maximum absolute atomic E-state index is 5.75. The molecule has 102 valence electrons. The highest BCUT2D eigenvalue weighted by Crippen LogP contribution is 2.22. The van der Waals surface area contributed by atoms with E-state index in [0.717, 1.165) is 18.2 Å². The molecular formula is C14H23ClN2S. The van der Waals surface area contributed by atoms with Crippen LogP contribution in [0.5, 0.6) is 0 Å². The van der Waals surface area contributed by atoms with Crippen LogP contribution in [0.4, 0.5) is 0 Å². The molecule has 1 fully saturated rings. The number of hydrogen-bond acceptors (Lipinski definition) is 3. The molecule has 0 atom stereocenters. The summed E-state index contributed by atoms with van der Waals surface area (Å²) in [5.41, 5.74) is 1.03. The van der Waals surface area contributed by atoms with Crippen LogP contribution >= 0.6 is 22.9 Å². The van der Waals surface area contributed by atoms with E-state index >= 15 is 0 Å². The number of aryl methyl sites for hydroxylation is 1. The predicted octanol–water partition coefficient (Wildman–Crippen LogP) is 4.08. The molecule has 0 aliphatic heterocycles. The highest BCUT2D eigenvalue weighted by molar-refractivity contribution is 7.09. The number of nitrogens with zero attached hydrogens (tertiary/aromatic N) is 2. The van der Waals surface area contributed by atoms with Crippen LogP contribution in [0.2, 0.25) is 0 Å². The van der Waals surface area contributed by atoms with Crippen LogP contribution in [0.3, 0.4) is 0 Å². The zero-order valence-electron chi connectivity index (χ0n) is 11.2. The minimum atomic E-state index is 0.543. The molecule has 1 aliphatic rings. The fourth-order valence-electron chi connectivity index (χ4n) is 2.69. The number of thiazole rings is 1. The summed E-state index contributed by atoms with van der Waals surface area (Å²) in [4.78, 5) is 7.05. The third-order valence-electron chi connectivity index (χ3n) is 3.84.